The first kappa shape index (κ1) is 17.8. The second kappa shape index (κ2) is 6.37. The number of nitrogens with zero attached hydrogens (tertiary/aromatic N) is 2. The number of hydrogen-bond donors (Lipinski definition) is 2. The monoisotopic (exact) mass is 396 g/mol. The van der Waals surface area contributed by atoms with Crippen LogP contribution in [0.3, 0.4) is 0 Å². The molecule has 2 aromatic heterocycles. The van der Waals surface area contributed by atoms with Crippen LogP contribution in [-0.4, -0.2) is 32.9 Å². The molecule has 4 aliphatic carbocycles. The lowest BCUT2D eigenvalue weighted by Gasteiger charge is -2.62. The van der Waals surface area contributed by atoms with Gasteiger partial charge in [0.15, 0.2) is 0 Å². The van der Waals surface area contributed by atoms with Crippen molar-refractivity contribution in [1.82, 2.24) is 20.6 Å². The Bertz CT molecular complexity index is 911. The minimum atomic E-state index is -0.246. The Hall–Kier alpha value is -2.28. The van der Waals surface area contributed by atoms with Gasteiger partial charge in [0.05, 0.1) is 5.01 Å². The van der Waals surface area contributed by atoms with Crippen LogP contribution < -0.4 is 10.6 Å². The molecule has 4 saturated carbocycles. The fourth-order valence-corrected chi connectivity index (χ4v) is 6.72. The zero-order valence-corrected chi connectivity index (χ0v) is 16.7. The van der Waals surface area contributed by atoms with Crippen LogP contribution in [0.2, 0.25) is 0 Å². The summed E-state index contributed by atoms with van der Waals surface area (Å²) in [7, 11) is 0. The Morgan fingerprint density at radius 3 is 2.21 bits per heavy atom. The molecule has 2 aromatic rings. The average molecular weight is 397 g/mol. The number of rotatable bonds is 4. The van der Waals surface area contributed by atoms with Crippen LogP contribution in [0.5, 0.6) is 0 Å². The van der Waals surface area contributed by atoms with Crippen LogP contribution in [0.25, 0.3) is 0 Å². The molecule has 7 heteroatoms. The molecule has 4 bridgehead atoms. The quantitative estimate of drug-likeness (QED) is 0.832. The van der Waals surface area contributed by atoms with Crippen molar-refractivity contribution in [3.63, 3.8) is 0 Å². The zero-order valence-electron chi connectivity index (χ0n) is 15.9. The summed E-state index contributed by atoms with van der Waals surface area (Å²) in [6.45, 7) is 1.91. The van der Waals surface area contributed by atoms with Gasteiger partial charge in [-0.3, -0.25) is 14.6 Å². The van der Waals surface area contributed by atoms with Crippen LogP contribution in [0.4, 0.5) is 0 Å². The number of thiazole rings is 1. The zero-order chi connectivity index (χ0) is 19.4. The number of aryl methyl sites for hydroxylation is 1. The van der Waals surface area contributed by atoms with E-state index in [9.17, 15) is 9.59 Å². The van der Waals surface area contributed by atoms with Gasteiger partial charge in [0.1, 0.15) is 11.4 Å². The van der Waals surface area contributed by atoms with Crippen LogP contribution in [-0.2, 0) is 0 Å². The molecule has 6 rings (SSSR count). The highest BCUT2D eigenvalue weighted by Crippen LogP contribution is 2.57. The largest absolute Gasteiger partial charge is 0.345 e. The van der Waals surface area contributed by atoms with E-state index in [1.54, 1.807) is 12.3 Å². The molecule has 0 aromatic carbocycles. The summed E-state index contributed by atoms with van der Waals surface area (Å²) in [5.74, 6) is 0.891. The van der Waals surface area contributed by atoms with Gasteiger partial charge in [0.25, 0.3) is 11.8 Å². The molecule has 2 N–H and O–H groups in total. The molecule has 2 atom stereocenters. The maximum absolute atomic E-state index is 12.8. The van der Waals surface area contributed by atoms with Gasteiger partial charge in [-0.15, -0.1) is 11.3 Å². The first-order valence-corrected chi connectivity index (χ1v) is 10.8. The third-order valence-electron chi connectivity index (χ3n) is 6.57. The molecule has 0 saturated heterocycles. The topological polar surface area (TPSA) is 84.0 Å². The molecular weight excluding hydrogens is 372 g/mol. The lowest BCUT2D eigenvalue weighted by Crippen LogP contribution is -2.69. The number of hydrogen-bond acceptors (Lipinski definition) is 5. The van der Waals surface area contributed by atoms with E-state index >= 15 is 0 Å². The SMILES string of the molecule is Cc1nc(C(=O)NC23CC4CC(CC(NC(=O)c5ccccn5)(C4)C2)C3)cs1. The second-order valence-corrected chi connectivity index (χ2v) is 9.96. The molecule has 2 unspecified atom stereocenters. The third kappa shape index (κ3) is 3.11. The minimum Gasteiger partial charge on any atom is -0.345 e. The minimum absolute atomic E-state index is 0.0856. The predicted octanol–water partition coefficient (Wildman–Crippen LogP) is 3.10. The Balaban J connectivity index is 1.38. The van der Waals surface area contributed by atoms with Crippen molar-refractivity contribution >= 4 is 23.2 Å². The van der Waals surface area contributed by atoms with E-state index in [1.807, 2.05) is 24.4 Å². The number of nitrogens with one attached hydrogen (secondary N) is 2. The normalized spacial score (nSPS) is 32.9. The predicted molar refractivity (Wildman–Crippen MR) is 106 cm³/mol. The van der Waals surface area contributed by atoms with Crippen molar-refractivity contribution in [3.8, 4) is 0 Å². The summed E-state index contributed by atoms with van der Waals surface area (Å²) in [4.78, 5) is 34.2. The van der Waals surface area contributed by atoms with E-state index in [0.717, 1.165) is 37.1 Å². The van der Waals surface area contributed by atoms with E-state index in [2.05, 4.69) is 20.6 Å². The molecule has 2 amide bonds. The van der Waals surface area contributed by atoms with Gasteiger partial charge in [-0.2, -0.15) is 0 Å². The van der Waals surface area contributed by atoms with Gasteiger partial charge in [0, 0.05) is 22.7 Å². The van der Waals surface area contributed by atoms with Crippen molar-refractivity contribution in [2.24, 2.45) is 11.8 Å². The van der Waals surface area contributed by atoms with E-state index in [-0.39, 0.29) is 22.9 Å². The maximum Gasteiger partial charge on any atom is 0.271 e. The summed E-state index contributed by atoms with van der Waals surface area (Å²) >= 11 is 1.49. The molecule has 0 aliphatic heterocycles. The van der Waals surface area contributed by atoms with Crippen molar-refractivity contribution < 1.29 is 9.59 Å². The molecule has 0 radical (unpaired) electrons. The van der Waals surface area contributed by atoms with Gasteiger partial charge < -0.3 is 10.6 Å². The van der Waals surface area contributed by atoms with Crippen molar-refractivity contribution in [2.45, 2.75) is 56.5 Å². The fraction of sp³-hybridized carbons (Fsp3) is 0.524. The van der Waals surface area contributed by atoms with Crippen LogP contribution >= 0.6 is 11.3 Å². The number of carbonyl (C=O) groups is 2. The maximum atomic E-state index is 12.8. The molecular formula is C21H24N4O2S. The molecule has 2 heterocycles. The number of carbonyl (C=O) groups excluding carboxylic acids is 2. The van der Waals surface area contributed by atoms with Gasteiger partial charge in [-0.25, -0.2) is 4.98 Å². The summed E-state index contributed by atoms with van der Waals surface area (Å²) < 4.78 is 0. The Morgan fingerprint density at radius 2 is 1.68 bits per heavy atom. The summed E-state index contributed by atoms with van der Waals surface area (Å²) in [5, 5.41) is 9.37. The van der Waals surface area contributed by atoms with Crippen molar-refractivity contribution in [2.75, 3.05) is 0 Å². The highest BCUT2D eigenvalue weighted by molar-refractivity contribution is 7.09. The number of aromatic nitrogens is 2. The molecule has 4 fully saturated rings. The molecule has 0 spiro atoms. The number of amides is 2. The Kier molecular flexibility index (Phi) is 4.05. The highest BCUT2D eigenvalue weighted by Gasteiger charge is 2.58. The van der Waals surface area contributed by atoms with Crippen molar-refractivity contribution in [3.05, 3.63) is 46.2 Å². The standard InChI is InChI=1S/C21H24N4O2S/c1-13-23-17(11-28-13)19(27)25-21-9-14-6-15(10-21)8-20(7-14,12-21)24-18(26)16-4-2-3-5-22-16/h2-5,11,14-15H,6-10,12H2,1H3,(H,24,26)(H,25,27). The summed E-state index contributed by atoms with van der Waals surface area (Å²) in [6, 6.07) is 5.39. The first-order chi connectivity index (χ1) is 13.4. The Morgan fingerprint density at radius 1 is 1.04 bits per heavy atom. The van der Waals surface area contributed by atoms with Gasteiger partial charge in [-0.1, -0.05) is 6.07 Å². The van der Waals surface area contributed by atoms with E-state index < -0.39 is 0 Å². The second-order valence-electron chi connectivity index (χ2n) is 8.90. The van der Waals surface area contributed by atoms with Crippen molar-refractivity contribution in [1.29, 1.82) is 0 Å². The first-order valence-electron chi connectivity index (χ1n) is 9.93. The van der Waals surface area contributed by atoms with Crippen LogP contribution in [0.1, 0.15) is 64.5 Å². The van der Waals surface area contributed by atoms with Crippen LogP contribution in [0, 0.1) is 18.8 Å². The lowest BCUT2D eigenvalue weighted by molar-refractivity contribution is -0.0449. The van der Waals surface area contributed by atoms with E-state index in [0.29, 0.717) is 23.2 Å². The van der Waals surface area contributed by atoms with Gasteiger partial charge in [-0.05, 0) is 69.4 Å². The number of pyridine rings is 1. The third-order valence-corrected chi connectivity index (χ3v) is 7.34. The molecule has 6 nitrogen and oxygen atoms in total. The lowest BCUT2D eigenvalue weighted by atomic mass is 9.49. The summed E-state index contributed by atoms with van der Waals surface area (Å²) in [5.41, 5.74) is 0.471. The Labute approximate surface area is 168 Å². The van der Waals surface area contributed by atoms with Crippen LogP contribution in [0.15, 0.2) is 29.8 Å². The highest BCUT2D eigenvalue weighted by atomic mass is 32.1. The smallest absolute Gasteiger partial charge is 0.271 e. The molecule has 28 heavy (non-hydrogen) atoms. The molecule has 4 aliphatic rings. The molecule has 146 valence electrons. The van der Waals surface area contributed by atoms with E-state index in [1.165, 1.54) is 17.8 Å². The summed E-state index contributed by atoms with van der Waals surface area (Å²) in [6.07, 6.45) is 7.63. The average Bonchev–Trinajstić information content (AvgIpc) is 3.07. The van der Waals surface area contributed by atoms with Gasteiger partial charge in [0.2, 0.25) is 0 Å². The fourth-order valence-electron chi connectivity index (χ4n) is 6.13. The van der Waals surface area contributed by atoms with Gasteiger partial charge >= 0.3 is 0 Å². The van der Waals surface area contributed by atoms with E-state index in [4.69, 9.17) is 0 Å².